The van der Waals surface area contributed by atoms with E-state index in [-0.39, 0.29) is 11.5 Å². The molecule has 8 nitrogen and oxygen atoms in total. The van der Waals surface area contributed by atoms with Crippen LogP contribution >= 0.6 is 0 Å². The average molecular weight is 486 g/mol. The number of hydrogen-bond acceptors (Lipinski definition) is 6. The fraction of sp³-hybridized carbons (Fsp3) is 0.565. The second-order valence-electron chi connectivity index (χ2n) is 8.97. The number of furan rings is 2. The third-order valence-corrected chi connectivity index (χ3v) is 5.97. The van der Waals surface area contributed by atoms with Crippen molar-refractivity contribution < 1.29 is 41.4 Å². The summed E-state index contributed by atoms with van der Waals surface area (Å²) in [5.41, 5.74) is 0.536. The molecule has 0 bridgehead atoms. The summed E-state index contributed by atoms with van der Waals surface area (Å²) in [6.07, 6.45) is -1.22. The number of carbonyl (C=O) groups is 2. The molecule has 2 aliphatic heterocycles. The highest BCUT2D eigenvalue weighted by atomic mass is 19.4. The monoisotopic (exact) mass is 486 g/mol. The molecule has 34 heavy (non-hydrogen) atoms. The van der Waals surface area contributed by atoms with Gasteiger partial charge in [-0.05, 0) is 57.9 Å². The Balaban J connectivity index is 0.000000406. The van der Waals surface area contributed by atoms with E-state index in [2.05, 4.69) is 11.9 Å². The number of nitrogens with zero attached hydrogens (tertiary/aromatic N) is 2. The molecule has 2 aromatic rings. The number of alkyl halides is 3. The minimum atomic E-state index is -5.08. The molecule has 0 saturated carbocycles. The SMILES string of the molecule is Cc1cc(C(=O)N2CC3(CCC(CN(C)Cc4ccco4)CO3)C2)c(C)o1.O=C(O)C(F)(F)F. The molecule has 1 unspecified atom stereocenters. The van der Waals surface area contributed by atoms with Gasteiger partial charge >= 0.3 is 12.1 Å². The first-order valence-electron chi connectivity index (χ1n) is 10.9. The molecule has 188 valence electrons. The Morgan fingerprint density at radius 3 is 2.44 bits per heavy atom. The van der Waals surface area contributed by atoms with E-state index in [9.17, 15) is 18.0 Å². The maximum absolute atomic E-state index is 12.6. The van der Waals surface area contributed by atoms with Gasteiger partial charge in [-0.25, -0.2) is 4.79 Å². The van der Waals surface area contributed by atoms with Crippen LogP contribution in [0, 0.1) is 19.8 Å². The zero-order valence-electron chi connectivity index (χ0n) is 19.4. The van der Waals surface area contributed by atoms with Gasteiger partial charge < -0.3 is 23.6 Å². The zero-order valence-corrected chi connectivity index (χ0v) is 19.4. The first-order valence-corrected chi connectivity index (χ1v) is 10.9. The number of carbonyl (C=O) groups excluding carboxylic acids is 1. The van der Waals surface area contributed by atoms with Crippen LogP contribution in [0.1, 0.15) is 40.5 Å². The maximum Gasteiger partial charge on any atom is 0.490 e. The van der Waals surface area contributed by atoms with E-state index in [4.69, 9.17) is 23.5 Å². The van der Waals surface area contributed by atoms with Crippen molar-refractivity contribution in [3.8, 4) is 0 Å². The van der Waals surface area contributed by atoms with Crippen molar-refractivity contribution in [3.05, 3.63) is 47.3 Å². The first kappa shape index (κ1) is 25.8. The smallest absolute Gasteiger partial charge is 0.475 e. The van der Waals surface area contributed by atoms with Gasteiger partial charge in [-0.15, -0.1) is 0 Å². The highest BCUT2D eigenvalue weighted by molar-refractivity contribution is 5.96. The molecule has 4 rings (SSSR count). The summed E-state index contributed by atoms with van der Waals surface area (Å²) >= 11 is 0. The van der Waals surface area contributed by atoms with Crippen LogP contribution in [0.2, 0.25) is 0 Å². The number of hydrogen-bond donors (Lipinski definition) is 1. The van der Waals surface area contributed by atoms with Gasteiger partial charge in [0.25, 0.3) is 5.91 Å². The van der Waals surface area contributed by atoms with Crippen molar-refractivity contribution in [1.82, 2.24) is 9.80 Å². The maximum atomic E-state index is 12.6. The van der Waals surface area contributed by atoms with Crippen LogP contribution < -0.4 is 0 Å². The van der Waals surface area contributed by atoms with Gasteiger partial charge in [0.15, 0.2) is 0 Å². The summed E-state index contributed by atoms with van der Waals surface area (Å²) in [5.74, 6) is 0.290. The van der Waals surface area contributed by atoms with Crippen LogP contribution in [0.4, 0.5) is 13.2 Å². The summed E-state index contributed by atoms with van der Waals surface area (Å²) < 4.78 is 48.9. The normalized spacial score (nSPS) is 19.5. The molecule has 11 heteroatoms. The van der Waals surface area contributed by atoms with Gasteiger partial charge in [0.2, 0.25) is 0 Å². The Labute approximate surface area is 195 Å². The van der Waals surface area contributed by atoms with Crippen LogP contribution in [0.15, 0.2) is 33.3 Å². The molecule has 0 aliphatic carbocycles. The largest absolute Gasteiger partial charge is 0.490 e. The summed E-state index contributed by atoms with van der Waals surface area (Å²) in [4.78, 5) is 25.7. The number of carboxylic acid groups (broad SMARTS) is 1. The van der Waals surface area contributed by atoms with E-state index in [1.165, 1.54) is 0 Å². The summed E-state index contributed by atoms with van der Waals surface area (Å²) in [5, 5.41) is 7.12. The minimum absolute atomic E-state index is 0.0545. The number of carboxylic acids is 1. The van der Waals surface area contributed by atoms with Crippen molar-refractivity contribution in [3.63, 3.8) is 0 Å². The Hall–Kier alpha value is -2.79. The number of rotatable bonds is 5. The number of aryl methyl sites for hydroxylation is 2. The Bertz CT molecular complexity index is 969. The van der Waals surface area contributed by atoms with Gasteiger partial charge in [-0.1, -0.05) is 0 Å². The topological polar surface area (TPSA) is 96.4 Å². The van der Waals surface area contributed by atoms with Crippen LogP contribution in [-0.2, 0) is 16.1 Å². The fourth-order valence-electron chi connectivity index (χ4n) is 4.29. The van der Waals surface area contributed by atoms with Crippen molar-refractivity contribution in [2.24, 2.45) is 5.92 Å². The average Bonchev–Trinajstić information content (AvgIpc) is 3.35. The molecular weight excluding hydrogens is 457 g/mol. The highest BCUT2D eigenvalue weighted by Crippen LogP contribution is 2.37. The number of likely N-dealkylation sites (tertiary alicyclic amines) is 1. The Morgan fingerprint density at radius 2 is 1.97 bits per heavy atom. The van der Waals surface area contributed by atoms with Crippen LogP contribution in [0.3, 0.4) is 0 Å². The van der Waals surface area contributed by atoms with Crippen molar-refractivity contribution in [2.45, 2.75) is 45.0 Å². The molecule has 1 atom stereocenters. The van der Waals surface area contributed by atoms with Crippen molar-refractivity contribution >= 4 is 11.9 Å². The highest BCUT2D eigenvalue weighted by Gasteiger charge is 2.49. The molecule has 2 aliphatic rings. The molecule has 2 fully saturated rings. The lowest BCUT2D eigenvalue weighted by Crippen LogP contribution is -2.66. The van der Waals surface area contributed by atoms with Crippen molar-refractivity contribution in [2.75, 3.05) is 33.3 Å². The van der Waals surface area contributed by atoms with E-state index in [1.807, 2.05) is 36.9 Å². The fourth-order valence-corrected chi connectivity index (χ4v) is 4.29. The van der Waals surface area contributed by atoms with Gasteiger partial charge in [0.1, 0.15) is 22.9 Å². The molecule has 2 aromatic heterocycles. The number of ether oxygens (including phenoxy) is 1. The van der Waals surface area contributed by atoms with E-state index in [0.29, 0.717) is 30.3 Å². The number of amides is 1. The minimum Gasteiger partial charge on any atom is -0.475 e. The quantitative estimate of drug-likeness (QED) is 0.685. The van der Waals surface area contributed by atoms with E-state index in [0.717, 1.165) is 44.1 Å². The van der Waals surface area contributed by atoms with Gasteiger partial charge in [0.05, 0.1) is 38.1 Å². The predicted octanol–water partition coefficient (Wildman–Crippen LogP) is 3.88. The van der Waals surface area contributed by atoms with Crippen LogP contribution in [-0.4, -0.2) is 71.8 Å². The lowest BCUT2D eigenvalue weighted by molar-refractivity contribution is -0.192. The second kappa shape index (κ2) is 10.2. The molecule has 1 amide bonds. The molecule has 2 saturated heterocycles. The lowest BCUT2D eigenvalue weighted by atomic mass is 9.82. The number of aliphatic carboxylic acids is 1. The van der Waals surface area contributed by atoms with E-state index >= 15 is 0 Å². The molecule has 4 heterocycles. The molecule has 0 aromatic carbocycles. The Morgan fingerprint density at radius 1 is 1.29 bits per heavy atom. The zero-order chi connectivity index (χ0) is 25.1. The lowest BCUT2D eigenvalue weighted by Gasteiger charge is -2.52. The van der Waals surface area contributed by atoms with Crippen molar-refractivity contribution in [1.29, 1.82) is 0 Å². The summed E-state index contributed by atoms with van der Waals surface area (Å²) in [6, 6.07) is 5.76. The first-order chi connectivity index (χ1) is 15.9. The second-order valence-corrected chi connectivity index (χ2v) is 8.97. The van der Waals surface area contributed by atoms with E-state index in [1.54, 1.807) is 6.26 Å². The third-order valence-electron chi connectivity index (χ3n) is 5.97. The van der Waals surface area contributed by atoms with Gasteiger partial charge in [-0.3, -0.25) is 9.69 Å². The van der Waals surface area contributed by atoms with Gasteiger partial charge in [-0.2, -0.15) is 13.2 Å². The molecule has 0 radical (unpaired) electrons. The van der Waals surface area contributed by atoms with E-state index < -0.39 is 12.1 Å². The van der Waals surface area contributed by atoms with Gasteiger partial charge in [0, 0.05) is 6.54 Å². The molecular formula is C23H29F3N2O6. The van der Waals surface area contributed by atoms with Crippen LogP contribution in [0.5, 0.6) is 0 Å². The molecule has 1 spiro atoms. The summed E-state index contributed by atoms with van der Waals surface area (Å²) in [7, 11) is 2.12. The Kier molecular flexibility index (Phi) is 7.77. The third kappa shape index (κ3) is 6.41. The molecule has 1 N–H and O–H groups in total. The summed E-state index contributed by atoms with van der Waals surface area (Å²) in [6.45, 7) is 7.65. The number of halogens is 3. The predicted molar refractivity (Wildman–Crippen MR) is 114 cm³/mol. The van der Waals surface area contributed by atoms with Crippen LogP contribution in [0.25, 0.3) is 0 Å². The standard InChI is InChI=1S/C21H28N2O4.C2HF3O2/c1-15-9-19(16(2)27-15)20(24)23-13-21(14-23)7-6-17(12-26-21)10-22(3)11-18-5-4-8-25-18;3-2(4,5)1(6)7/h4-5,8-9,17H,6-7,10-14H2,1-3H3;(H,6,7).